The van der Waals surface area contributed by atoms with Gasteiger partial charge in [0.15, 0.2) is 5.58 Å². The van der Waals surface area contributed by atoms with E-state index < -0.39 is 9.84 Å². The van der Waals surface area contributed by atoms with Gasteiger partial charge in [-0.05, 0) is 19.1 Å². The SMILES string of the molecule is CCn1cc(CS(=O)(=O)c2nc3ccc(N)cc3o2)cn1. The molecule has 0 atom stereocenters. The molecular formula is C13H14N4O3S. The van der Waals surface area contributed by atoms with Crippen molar-refractivity contribution in [2.24, 2.45) is 0 Å². The van der Waals surface area contributed by atoms with Crippen molar-refractivity contribution in [1.82, 2.24) is 14.8 Å². The molecule has 1 aromatic carbocycles. The molecule has 8 heteroatoms. The molecule has 0 aliphatic rings. The quantitative estimate of drug-likeness (QED) is 0.734. The van der Waals surface area contributed by atoms with Crippen molar-refractivity contribution in [3.05, 3.63) is 36.2 Å². The van der Waals surface area contributed by atoms with Gasteiger partial charge in [-0.2, -0.15) is 10.1 Å². The molecule has 2 heterocycles. The van der Waals surface area contributed by atoms with E-state index in [2.05, 4.69) is 10.1 Å². The van der Waals surface area contributed by atoms with Gasteiger partial charge in [-0.25, -0.2) is 8.42 Å². The van der Waals surface area contributed by atoms with Crippen LogP contribution in [0.15, 0.2) is 40.2 Å². The Bertz CT molecular complexity index is 895. The number of nitrogens with zero attached hydrogens (tertiary/aromatic N) is 3. The van der Waals surface area contributed by atoms with Crippen LogP contribution in [-0.4, -0.2) is 23.2 Å². The molecule has 0 saturated carbocycles. The zero-order chi connectivity index (χ0) is 15.0. The first-order chi connectivity index (χ1) is 9.98. The van der Waals surface area contributed by atoms with E-state index >= 15 is 0 Å². The summed E-state index contributed by atoms with van der Waals surface area (Å²) in [4.78, 5) is 4.01. The zero-order valence-electron chi connectivity index (χ0n) is 11.4. The molecule has 0 amide bonds. The number of rotatable bonds is 4. The third-order valence-corrected chi connectivity index (χ3v) is 4.45. The van der Waals surface area contributed by atoms with Crippen molar-refractivity contribution in [2.45, 2.75) is 24.4 Å². The molecular weight excluding hydrogens is 292 g/mol. The lowest BCUT2D eigenvalue weighted by molar-refractivity contribution is 0.458. The van der Waals surface area contributed by atoms with E-state index in [4.69, 9.17) is 10.2 Å². The molecule has 3 rings (SSSR count). The van der Waals surface area contributed by atoms with E-state index in [1.165, 1.54) is 6.20 Å². The number of hydrogen-bond acceptors (Lipinski definition) is 6. The number of nitrogens with two attached hydrogens (primary N) is 1. The molecule has 0 radical (unpaired) electrons. The highest BCUT2D eigenvalue weighted by Crippen LogP contribution is 2.23. The van der Waals surface area contributed by atoms with Gasteiger partial charge < -0.3 is 10.2 Å². The lowest BCUT2D eigenvalue weighted by Crippen LogP contribution is -2.04. The van der Waals surface area contributed by atoms with Crippen molar-refractivity contribution in [3.63, 3.8) is 0 Å². The Labute approximate surface area is 121 Å². The summed E-state index contributed by atoms with van der Waals surface area (Å²) >= 11 is 0. The minimum Gasteiger partial charge on any atom is -0.428 e. The van der Waals surface area contributed by atoms with Crippen molar-refractivity contribution in [2.75, 3.05) is 5.73 Å². The molecule has 3 aromatic rings. The number of benzene rings is 1. The highest BCUT2D eigenvalue weighted by molar-refractivity contribution is 7.90. The number of anilines is 1. The normalized spacial score (nSPS) is 12.0. The number of aromatic nitrogens is 3. The fraction of sp³-hybridized carbons (Fsp3) is 0.231. The molecule has 0 bridgehead atoms. The van der Waals surface area contributed by atoms with Crippen LogP contribution in [0.5, 0.6) is 0 Å². The summed E-state index contributed by atoms with van der Waals surface area (Å²) in [7, 11) is -3.65. The molecule has 21 heavy (non-hydrogen) atoms. The van der Waals surface area contributed by atoms with Crippen molar-refractivity contribution >= 4 is 26.6 Å². The molecule has 0 unspecified atom stereocenters. The number of hydrogen-bond donors (Lipinski definition) is 1. The molecule has 0 fully saturated rings. The smallest absolute Gasteiger partial charge is 0.316 e. The van der Waals surface area contributed by atoms with E-state index in [0.717, 1.165) is 0 Å². The van der Waals surface area contributed by atoms with Crippen LogP contribution in [0.3, 0.4) is 0 Å². The van der Waals surface area contributed by atoms with Gasteiger partial charge in [0.1, 0.15) is 5.52 Å². The second-order valence-corrected chi connectivity index (χ2v) is 6.54. The summed E-state index contributed by atoms with van der Waals surface area (Å²) in [6.07, 6.45) is 3.22. The Morgan fingerprint density at radius 3 is 2.90 bits per heavy atom. The summed E-state index contributed by atoms with van der Waals surface area (Å²) < 4.78 is 31.6. The highest BCUT2D eigenvalue weighted by atomic mass is 32.2. The molecule has 0 saturated heterocycles. The Morgan fingerprint density at radius 1 is 1.38 bits per heavy atom. The van der Waals surface area contributed by atoms with Crippen molar-refractivity contribution < 1.29 is 12.8 Å². The first-order valence-corrected chi connectivity index (χ1v) is 8.03. The van der Waals surface area contributed by atoms with E-state index in [1.807, 2.05) is 6.92 Å². The number of fused-ring (bicyclic) bond motifs is 1. The predicted octanol–water partition coefficient (Wildman–Crippen LogP) is 1.60. The van der Waals surface area contributed by atoms with Crippen LogP contribution in [0.2, 0.25) is 0 Å². The molecule has 7 nitrogen and oxygen atoms in total. The van der Waals surface area contributed by atoms with Gasteiger partial charge in [-0.3, -0.25) is 4.68 Å². The molecule has 0 aliphatic heterocycles. The van der Waals surface area contributed by atoms with Gasteiger partial charge in [-0.1, -0.05) is 0 Å². The summed E-state index contributed by atoms with van der Waals surface area (Å²) in [5.74, 6) is -0.199. The summed E-state index contributed by atoms with van der Waals surface area (Å²) in [6.45, 7) is 2.61. The first kappa shape index (κ1) is 13.6. The van der Waals surface area contributed by atoms with Crippen LogP contribution in [-0.2, 0) is 22.1 Å². The molecule has 2 aromatic heterocycles. The second kappa shape index (κ2) is 4.88. The maximum Gasteiger partial charge on any atom is 0.316 e. The third-order valence-electron chi connectivity index (χ3n) is 3.03. The van der Waals surface area contributed by atoms with Gasteiger partial charge in [0.25, 0.3) is 0 Å². The predicted molar refractivity (Wildman–Crippen MR) is 77.2 cm³/mol. The lowest BCUT2D eigenvalue weighted by Gasteiger charge is -1.96. The lowest BCUT2D eigenvalue weighted by atomic mass is 10.3. The Balaban J connectivity index is 1.95. The van der Waals surface area contributed by atoms with Gasteiger partial charge in [0, 0.05) is 30.1 Å². The van der Waals surface area contributed by atoms with Crippen LogP contribution in [0.1, 0.15) is 12.5 Å². The van der Waals surface area contributed by atoms with Gasteiger partial charge in [0.05, 0.1) is 11.9 Å². The minimum atomic E-state index is -3.65. The number of oxazole rings is 1. The van der Waals surface area contributed by atoms with Crippen LogP contribution in [0.25, 0.3) is 11.1 Å². The number of aryl methyl sites for hydroxylation is 1. The highest BCUT2D eigenvalue weighted by Gasteiger charge is 2.23. The zero-order valence-corrected chi connectivity index (χ0v) is 12.2. The van der Waals surface area contributed by atoms with Crippen LogP contribution >= 0.6 is 0 Å². The molecule has 0 aliphatic carbocycles. The van der Waals surface area contributed by atoms with Crippen LogP contribution in [0, 0.1) is 0 Å². The largest absolute Gasteiger partial charge is 0.428 e. The Hall–Kier alpha value is -2.35. The fourth-order valence-corrected chi connectivity index (χ4v) is 3.15. The second-order valence-electron chi connectivity index (χ2n) is 4.67. The minimum absolute atomic E-state index is 0.199. The summed E-state index contributed by atoms with van der Waals surface area (Å²) in [6, 6.07) is 4.82. The molecule has 0 spiro atoms. The summed E-state index contributed by atoms with van der Waals surface area (Å²) in [5.41, 5.74) is 7.55. The van der Waals surface area contributed by atoms with E-state index in [9.17, 15) is 8.42 Å². The number of nitrogen functional groups attached to an aromatic ring is 1. The average Bonchev–Trinajstić information content (AvgIpc) is 3.04. The van der Waals surface area contributed by atoms with E-state index in [1.54, 1.807) is 29.1 Å². The van der Waals surface area contributed by atoms with E-state index in [-0.39, 0.29) is 11.0 Å². The maximum absolute atomic E-state index is 12.3. The van der Waals surface area contributed by atoms with Gasteiger partial charge in [0.2, 0.25) is 9.84 Å². The maximum atomic E-state index is 12.3. The van der Waals surface area contributed by atoms with Crippen molar-refractivity contribution in [1.29, 1.82) is 0 Å². The topological polar surface area (TPSA) is 104 Å². The Morgan fingerprint density at radius 2 is 2.19 bits per heavy atom. The fourth-order valence-electron chi connectivity index (χ4n) is 1.99. The monoisotopic (exact) mass is 306 g/mol. The van der Waals surface area contributed by atoms with Crippen LogP contribution in [0.4, 0.5) is 5.69 Å². The Kier molecular flexibility index (Phi) is 3.17. The first-order valence-electron chi connectivity index (χ1n) is 6.38. The van der Waals surface area contributed by atoms with Crippen molar-refractivity contribution in [3.8, 4) is 0 Å². The standard InChI is InChI=1S/C13H14N4O3S/c1-2-17-7-9(6-15-17)8-21(18,19)13-16-11-4-3-10(14)5-12(11)20-13/h3-7H,2,8,14H2,1H3. The van der Waals surface area contributed by atoms with E-state index in [0.29, 0.717) is 28.9 Å². The van der Waals surface area contributed by atoms with Crippen LogP contribution < -0.4 is 5.73 Å². The molecule has 110 valence electrons. The van der Waals surface area contributed by atoms with Gasteiger partial charge in [-0.15, -0.1) is 0 Å². The average molecular weight is 306 g/mol. The van der Waals surface area contributed by atoms with Gasteiger partial charge >= 0.3 is 5.22 Å². The number of sulfone groups is 1. The molecule has 2 N–H and O–H groups in total. The third kappa shape index (κ3) is 2.62. The summed E-state index contributed by atoms with van der Waals surface area (Å²) in [5, 5.41) is 3.75.